The van der Waals surface area contributed by atoms with Gasteiger partial charge in [-0.05, 0) is 29.3 Å². The fraction of sp³-hybridized carbons (Fsp3) is 0.143. The Morgan fingerprint density at radius 1 is 1.22 bits per heavy atom. The molecule has 1 N–H and O–H groups in total. The van der Waals surface area contributed by atoms with E-state index in [1.165, 1.54) is 0 Å². The minimum Gasteiger partial charge on any atom is -0.497 e. The number of nitrogens with zero attached hydrogens (tertiary/aromatic N) is 1. The van der Waals surface area contributed by atoms with Gasteiger partial charge in [0.15, 0.2) is 0 Å². The third kappa shape index (κ3) is 2.85. The summed E-state index contributed by atoms with van der Waals surface area (Å²) in [6, 6.07) is 9.39. The third-order valence-corrected chi connectivity index (χ3v) is 2.57. The molecule has 18 heavy (non-hydrogen) atoms. The number of hydrogen-bond donors (Lipinski definition) is 1. The lowest BCUT2D eigenvalue weighted by Crippen LogP contribution is -2.00. The number of pyridine rings is 1. The second-order valence-electron chi connectivity index (χ2n) is 3.88. The topological polar surface area (TPSA) is 59.4 Å². The highest BCUT2D eigenvalue weighted by Crippen LogP contribution is 2.22. The monoisotopic (exact) mass is 243 g/mol. The largest absolute Gasteiger partial charge is 0.497 e. The number of carboxylic acids is 1. The van der Waals surface area contributed by atoms with Crippen LogP contribution in [0.15, 0.2) is 42.7 Å². The van der Waals surface area contributed by atoms with Crippen molar-refractivity contribution in [2.24, 2.45) is 0 Å². The van der Waals surface area contributed by atoms with E-state index in [-0.39, 0.29) is 6.42 Å². The van der Waals surface area contributed by atoms with E-state index in [9.17, 15) is 4.79 Å². The van der Waals surface area contributed by atoms with Crippen LogP contribution in [0, 0.1) is 0 Å². The smallest absolute Gasteiger partial charge is 0.307 e. The van der Waals surface area contributed by atoms with Gasteiger partial charge in [-0.2, -0.15) is 0 Å². The van der Waals surface area contributed by atoms with Crippen molar-refractivity contribution < 1.29 is 14.6 Å². The first-order valence-corrected chi connectivity index (χ1v) is 5.49. The minimum absolute atomic E-state index is 0.0169. The fourth-order valence-electron chi connectivity index (χ4n) is 1.70. The quantitative estimate of drug-likeness (QED) is 0.895. The van der Waals surface area contributed by atoms with Crippen LogP contribution in [0.3, 0.4) is 0 Å². The van der Waals surface area contributed by atoms with E-state index in [0.29, 0.717) is 5.56 Å². The molecule has 1 aromatic heterocycles. The van der Waals surface area contributed by atoms with E-state index in [0.717, 1.165) is 16.9 Å². The van der Waals surface area contributed by atoms with Crippen molar-refractivity contribution in [3.8, 4) is 16.9 Å². The van der Waals surface area contributed by atoms with Crippen molar-refractivity contribution in [2.45, 2.75) is 6.42 Å². The summed E-state index contributed by atoms with van der Waals surface area (Å²) in [4.78, 5) is 14.7. The van der Waals surface area contributed by atoms with E-state index in [2.05, 4.69) is 4.98 Å². The summed E-state index contributed by atoms with van der Waals surface area (Å²) in [5.74, 6) is -0.0721. The van der Waals surface area contributed by atoms with Crippen molar-refractivity contribution in [1.82, 2.24) is 4.98 Å². The maximum atomic E-state index is 10.7. The lowest BCUT2D eigenvalue weighted by atomic mass is 10.0. The van der Waals surface area contributed by atoms with E-state index in [1.54, 1.807) is 19.5 Å². The second kappa shape index (κ2) is 5.31. The number of rotatable bonds is 4. The van der Waals surface area contributed by atoms with Crippen LogP contribution >= 0.6 is 0 Å². The predicted octanol–water partition coefficient (Wildman–Crippen LogP) is 2.38. The molecule has 0 saturated heterocycles. The normalized spacial score (nSPS) is 10.1. The molecule has 0 unspecified atom stereocenters. The van der Waals surface area contributed by atoms with Gasteiger partial charge in [0.05, 0.1) is 13.5 Å². The molecule has 2 aromatic rings. The molecule has 0 radical (unpaired) electrons. The average Bonchev–Trinajstić information content (AvgIpc) is 2.38. The summed E-state index contributed by atoms with van der Waals surface area (Å²) in [5.41, 5.74) is 2.57. The molecule has 4 nitrogen and oxygen atoms in total. The summed E-state index contributed by atoms with van der Waals surface area (Å²) in [5, 5.41) is 8.75. The van der Waals surface area contributed by atoms with Crippen LogP contribution in [0.4, 0.5) is 0 Å². The van der Waals surface area contributed by atoms with Crippen LogP contribution in [0.5, 0.6) is 5.75 Å². The first-order valence-electron chi connectivity index (χ1n) is 5.49. The van der Waals surface area contributed by atoms with Gasteiger partial charge in [0.1, 0.15) is 5.75 Å². The minimum atomic E-state index is -0.858. The zero-order valence-electron chi connectivity index (χ0n) is 9.96. The molecule has 0 amide bonds. The first kappa shape index (κ1) is 12.1. The summed E-state index contributed by atoms with van der Waals surface area (Å²) < 4.78 is 5.09. The van der Waals surface area contributed by atoms with Gasteiger partial charge in [0.2, 0.25) is 0 Å². The Bertz CT molecular complexity index is 549. The average molecular weight is 243 g/mol. The number of benzene rings is 1. The number of carboxylic acid groups (broad SMARTS) is 1. The Kier molecular flexibility index (Phi) is 3.57. The van der Waals surface area contributed by atoms with Gasteiger partial charge < -0.3 is 9.84 Å². The first-order chi connectivity index (χ1) is 8.69. The van der Waals surface area contributed by atoms with Crippen LogP contribution in [-0.4, -0.2) is 23.2 Å². The highest BCUT2D eigenvalue weighted by atomic mass is 16.5. The molecule has 1 aromatic carbocycles. The van der Waals surface area contributed by atoms with Crippen molar-refractivity contribution in [2.75, 3.05) is 7.11 Å². The molecule has 0 spiro atoms. The molecule has 0 aliphatic heterocycles. The van der Waals surface area contributed by atoms with Gasteiger partial charge in [-0.25, -0.2) is 0 Å². The highest BCUT2D eigenvalue weighted by Gasteiger charge is 2.04. The number of hydrogen-bond acceptors (Lipinski definition) is 3. The molecular weight excluding hydrogens is 230 g/mol. The van der Waals surface area contributed by atoms with Crippen LogP contribution in [0.25, 0.3) is 11.1 Å². The zero-order valence-corrected chi connectivity index (χ0v) is 9.96. The van der Waals surface area contributed by atoms with Crippen LogP contribution in [0.1, 0.15) is 5.56 Å². The lowest BCUT2D eigenvalue weighted by molar-refractivity contribution is -0.136. The van der Waals surface area contributed by atoms with Gasteiger partial charge in [0.25, 0.3) is 0 Å². The lowest BCUT2D eigenvalue weighted by Gasteiger charge is -2.05. The molecular formula is C14H13NO3. The number of ether oxygens (including phenoxy) is 1. The molecule has 0 bridgehead atoms. The van der Waals surface area contributed by atoms with Crippen molar-refractivity contribution in [1.29, 1.82) is 0 Å². The number of aromatic nitrogens is 1. The Hall–Kier alpha value is -2.36. The molecule has 0 atom stereocenters. The summed E-state index contributed by atoms with van der Waals surface area (Å²) in [6.07, 6.45) is 3.27. The molecule has 0 saturated carbocycles. The van der Waals surface area contributed by atoms with E-state index in [4.69, 9.17) is 9.84 Å². The predicted molar refractivity (Wildman–Crippen MR) is 67.6 cm³/mol. The van der Waals surface area contributed by atoms with Crippen molar-refractivity contribution in [3.63, 3.8) is 0 Å². The SMILES string of the molecule is COc1ccc(-c2cncc(CC(=O)O)c2)cc1. The Balaban J connectivity index is 2.29. The van der Waals surface area contributed by atoms with Gasteiger partial charge in [0, 0.05) is 18.0 Å². The van der Waals surface area contributed by atoms with E-state index in [1.807, 2.05) is 30.3 Å². The molecule has 0 fully saturated rings. The summed E-state index contributed by atoms with van der Waals surface area (Å²) in [7, 11) is 1.62. The Morgan fingerprint density at radius 2 is 1.94 bits per heavy atom. The van der Waals surface area contributed by atoms with Crippen LogP contribution < -0.4 is 4.74 Å². The highest BCUT2D eigenvalue weighted by molar-refractivity contribution is 5.71. The number of aliphatic carboxylic acids is 1. The number of carbonyl (C=O) groups is 1. The molecule has 0 aliphatic rings. The Labute approximate surface area is 105 Å². The van der Waals surface area contributed by atoms with Gasteiger partial charge in [-0.1, -0.05) is 12.1 Å². The van der Waals surface area contributed by atoms with Crippen LogP contribution in [-0.2, 0) is 11.2 Å². The van der Waals surface area contributed by atoms with Crippen LogP contribution in [0.2, 0.25) is 0 Å². The maximum absolute atomic E-state index is 10.7. The maximum Gasteiger partial charge on any atom is 0.307 e. The van der Waals surface area contributed by atoms with Crippen molar-refractivity contribution in [3.05, 3.63) is 48.3 Å². The molecule has 0 aliphatic carbocycles. The molecule has 1 heterocycles. The van der Waals surface area contributed by atoms with Crippen molar-refractivity contribution >= 4 is 5.97 Å². The van der Waals surface area contributed by atoms with Gasteiger partial charge >= 0.3 is 5.97 Å². The molecule has 92 valence electrons. The second-order valence-corrected chi connectivity index (χ2v) is 3.88. The standard InChI is InChI=1S/C14H13NO3/c1-18-13-4-2-11(3-5-13)12-6-10(7-14(16)17)8-15-9-12/h2-6,8-9H,7H2,1H3,(H,16,17). The van der Waals surface area contributed by atoms with Gasteiger partial charge in [-0.3, -0.25) is 9.78 Å². The third-order valence-electron chi connectivity index (χ3n) is 2.57. The van der Waals surface area contributed by atoms with E-state index >= 15 is 0 Å². The summed E-state index contributed by atoms with van der Waals surface area (Å²) in [6.45, 7) is 0. The fourth-order valence-corrected chi connectivity index (χ4v) is 1.70. The molecule has 4 heteroatoms. The molecule has 2 rings (SSSR count). The van der Waals surface area contributed by atoms with Gasteiger partial charge in [-0.15, -0.1) is 0 Å². The zero-order chi connectivity index (χ0) is 13.0. The summed E-state index contributed by atoms with van der Waals surface area (Å²) >= 11 is 0. The Morgan fingerprint density at radius 3 is 2.56 bits per heavy atom. The van der Waals surface area contributed by atoms with E-state index < -0.39 is 5.97 Å². The number of methoxy groups -OCH3 is 1.